The summed E-state index contributed by atoms with van der Waals surface area (Å²) >= 11 is 0. The summed E-state index contributed by atoms with van der Waals surface area (Å²) in [6, 6.07) is 1.49. The number of aromatic nitrogens is 2. The van der Waals surface area contributed by atoms with Gasteiger partial charge in [0.2, 0.25) is 0 Å². The van der Waals surface area contributed by atoms with Crippen LogP contribution in [-0.2, 0) is 10.2 Å². The third kappa shape index (κ3) is 2.85. The Morgan fingerprint density at radius 1 is 1.50 bits per heavy atom. The van der Waals surface area contributed by atoms with Gasteiger partial charge in [-0.25, -0.2) is 14.5 Å². The summed E-state index contributed by atoms with van der Waals surface area (Å²) < 4.78 is 38.8. The number of rotatable bonds is 4. The molecule has 0 fully saturated rings. The average molecular weight is 326 g/mol. The van der Waals surface area contributed by atoms with E-state index in [2.05, 4.69) is 11.6 Å². The fraction of sp³-hybridized carbons (Fsp3) is 0.231. The smallest absolute Gasteiger partial charge is 0.269 e. The molecule has 0 aliphatic heterocycles. The highest BCUT2D eigenvalue weighted by Gasteiger charge is 2.24. The summed E-state index contributed by atoms with van der Waals surface area (Å²) in [5, 5.41) is 5.11. The molecule has 7 nitrogen and oxygen atoms in total. The van der Waals surface area contributed by atoms with Crippen molar-refractivity contribution in [3.8, 4) is 0 Å². The lowest BCUT2D eigenvalue weighted by Gasteiger charge is -2.25. The molecule has 0 aliphatic rings. The summed E-state index contributed by atoms with van der Waals surface area (Å²) in [4.78, 5) is 16.1. The number of fused-ring (bicyclic) bond motifs is 1. The molecule has 9 heteroatoms. The first-order valence-electron chi connectivity index (χ1n) is 6.28. The fourth-order valence-corrected chi connectivity index (χ4v) is 3.00. The van der Waals surface area contributed by atoms with Crippen LogP contribution in [0.2, 0.25) is 0 Å². The maximum Gasteiger partial charge on any atom is 0.299 e. The van der Waals surface area contributed by atoms with Gasteiger partial charge in [-0.3, -0.25) is 13.5 Å². The van der Waals surface area contributed by atoms with Gasteiger partial charge in [-0.2, -0.15) is 8.42 Å². The van der Waals surface area contributed by atoms with Crippen molar-refractivity contribution in [3.05, 3.63) is 58.5 Å². The molecule has 0 amide bonds. The second-order valence-corrected chi connectivity index (χ2v) is 6.23. The van der Waals surface area contributed by atoms with Crippen LogP contribution < -0.4 is 10.7 Å². The number of pyridine rings is 1. The molecule has 2 rings (SSSR count). The van der Waals surface area contributed by atoms with Crippen LogP contribution >= 0.6 is 0 Å². The van der Waals surface area contributed by atoms with Gasteiger partial charge >= 0.3 is 0 Å². The zero-order chi connectivity index (χ0) is 16.7. The number of halogens is 1. The minimum atomic E-state index is -4.09. The van der Waals surface area contributed by atoms with Gasteiger partial charge in [-0.1, -0.05) is 6.58 Å². The van der Waals surface area contributed by atoms with Crippen molar-refractivity contribution in [2.24, 2.45) is 5.14 Å². The normalized spacial score (nSPS) is 13.1. The molecule has 0 aliphatic carbocycles. The lowest BCUT2D eigenvalue weighted by Crippen LogP contribution is -2.35. The molecule has 0 saturated heterocycles. The van der Waals surface area contributed by atoms with Crippen molar-refractivity contribution < 1.29 is 12.8 Å². The van der Waals surface area contributed by atoms with Gasteiger partial charge in [0.1, 0.15) is 11.5 Å². The summed E-state index contributed by atoms with van der Waals surface area (Å²) in [6.07, 6.45) is 2.02. The van der Waals surface area contributed by atoms with Crippen LogP contribution in [0.25, 0.3) is 5.65 Å². The van der Waals surface area contributed by atoms with Crippen LogP contribution in [0.3, 0.4) is 0 Å². The van der Waals surface area contributed by atoms with E-state index in [1.165, 1.54) is 13.0 Å². The number of nitrogens with two attached hydrogens (primary N) is 1. The quantitative estimate of drug-likeness (QED) is 0.900. The van der Waals surface area contributed by atoms with E-state index in [0.29, 0.717) is 5.69 Å². The van der Waals surface area contributed by atoms with Gasteiger partial charge in [0.25, 0.3) is 15.8 Å². The van der Waals surface area contributed by atoms with Gasteiger partial charge in [0, 0.05) is 29.7 Å². The molecule has 0 saturated carbocycles. The van der Waals surface area contributed by atoms with E-state index < -0.39 is 27.6 Å². The summed E-state index contributed by atoms with van der Waals surface area (Å²) in [7, 11) is -4.09. The van der Waals surface area contributed by atoms with E-state index in [9.17, 15) is 17.6 Å². The molecular weight excluding hydrogens is 311 g/mol. The Morgan fingerprint density at radius 2 is 2.14 bits per heavy atom. The second-order valence-electron chi connectivity index (χ2n) is 4.78. The molecule has 2 heterocycles. The number of aryl methyl sites for hydroxylation is 1. The Hall–Kier alpha value is -2.26. The molecule has 0 radical (unpaired) electrons. The van der Waals surface area contributed by atoms with Crippen molar-refractivity contribution in [2.75, 3.05) is 0 Å². The monoisotopic (exact) mass is 326 g/mol. The van der Waals surface area contributed by atoms with Gasteiger partial charge in [-0.05, 0) is 19.9 Å². The Morgan fingerprint density at radius 3 is 2.68 bits per heavy atom. The molecule has 1 unspecified atom stereocenters. The molecule has 0 spiro atoms. The second kappa shape index (κ2) is 5.50. The highest BCUT2D eigenvalue weighted by molar-refractivity contribution is 7.86. The van der Waals surface area contributed by atoms with Gasteiger partial charge in [-0.15, -0.1) is 0 Å². The molecular formula is C13H15FN4O3S. The highest BCUT2D eigenvalue weighted by atomic mass is 32.2. The van der Waals surface area contributed by atoms with Gasteiger partial charge in [0.05, 0.1) is 6.04 Å². The van der Waals surface area contributed by atoms with Crippen LogP contribution in [0.5, 0.6) is 0 Å². The van der Waals surface area contributed by atoms with Crippen LogP contribution in [0.1, 0.15) is 24.2 Å². The van der Waals surface area contributed by atoms with E-state index >= 15 is 0 Å². The topological polar surface area (TPSA) is 97.8 Å². The molecule has 2 N–H and O–H groups in total. The van der Waals surface area contributed by atoms with E-state index in [0.717, 1.165) is 27.2 Å². The average Bonchev–Trinajstić information content (AvgIpc) is 2.38. The molecule has 118 valence electrons. The zero-order valence-corrected chi connectivity index (χ0v) is 12.8. The lowest BCUT2D eigenvalue weighted by atomic mass is 10.1. The molecule has 2 aromatic rings. The van der Waals surface area contributed by atoms with E-state index in [1.54, 1.807) is 6.92 Å². The van der Waals surface area contributed by atoms with Crippen molar-refractivity contribution in [1.82, 2.24) is 13.7 Å². The Balaban J connectivity index is 2.80. The minimum absolute atomic E-state index is 0.161. The van der Waals surface area contributed by atoms with Gasteiger partial charge < -0.3 is 0 Å². The Labute approximate surface area is 126 Å². The third-order valence-corrected chi connectivity index (χ3v) is 4.24. The van der Waals surface area contributed by atoms with E-state index in [4.69, 9.17) is 5.14 Å². The third-order valence-electron chi connectivity index (χ3n) is 3.19. The molecule has 0 aromatic carbocycles. The predicted octanol–water partition coefficient (Wildman–Crippen LogP) is 0.852. The molecule has 2 aromatic heterocycles. The standard InChI is InChI=1S/C13H15FN4O3S/c1-4-18(22(15,20)21)9(3)11-6-10(14)7-17-12(19)5-8(2)16-13(11)17/h4-7,9H,1H2,2-3H3,(H2,15,20,21). The highest BCUT2D eigenvalue weighted by Crippen LogP contribution is 2.25. The van der Waals surface area contributed by atoms with Crippen molar-refractivity contribution in [3.63, 3.8) is 0 Å². The van der Waals surface area contributed by atoms with Crippen molar-refractivity contribution in [1.29, 1.82) is 0 Å². The SMILES string of the molecule is C=CN(C(C)c1cc(F)cn2c(=O)cc(C)nc12)S(N)(=O)=O. The van der Waals surface area contributed by atoms with Crippen LogP contribution in [0.15, 0.2) is 35.9 Å². The van der Waals surface area contributed by atoms with Crippen molar-refractivity contribution in [2.45, 2.75) is 19.9 Å². The van der Waals surface area contributed by atoms with Crippen LogP contribution in [0.4, 0.5) is 4.39 Å². The summed E-state index contributed by atoms with van der Waals surface area (Å²) in [6.45, 7) is 6.51. The predicted molar refractivity (Wildman–Crippen MR) is 79.7 cm³/mol. The summed E-state index contributed by atoms with van der Waals surface area (Å²) in [5.41, 5.74) is 0.339. The first-order chi connectivity index (χ1) is 10.1. The van der Waals surface area contributed by atoms with Gasteiger partial charge in [0.15, 0.2) is 0 Å². The number of hydrogen-bond donors (Lipinski definition) is 1. The first-order valence-corrected chi connectivity index (χ1v) is 7.78. The molecule has 1 atom stereocenters. The zero-order valence-electron chi connectivity index (χ0n) is 12.0. The largest absolute Gasteiger partial charge is 0.299 e. The fourth-order valence-electron chi connectivity index (χ4n) is 2.23. The molecule has 22 heavy (non-hydrogen) atoms. The Kier molecular flexibility index (Phi) is 4.03. The minimum Gasteiger partial charge on any atom is -0.269 e. The van der Waals surface area contributed by atoms with E-state index in [-0.39, 0.29) is 11.2 Å². The number of hydrogen-bond acceptors (Lipinski definition) is 4. The van der Waals surface area contributed by atoms with E-state index in [1.807, 2.05) is 0 Å². The van der Waals surface area contributed by atoms with Crippen LogP contribution in [0, 0.1) is 12.7 Å². The first kappa shape index (κ1) is 16.1. The maximum absolute atomic E-state index is 13.8. The Bertz CT molecular complexity index is 907. The summed E-state index contributed by atoms with van der Waals surface area (Å²) in [5.74, 6) is -0.694. The van der Waals surface area contributed by atoms with Crippen molar-refractivity contribution >= 4 is 15.9 Å². The van der Waals surface area contributed by atoms with Crippen LogP contribution in [-0.4, -0.2) is 22.1 Å². The molecule has 0 bridgehead atoms. The maximum atomic E-state index is 13.8. The lowest BCUT2D eigenvalue weighted by molar-refractivity contribution is 0.431. The number of nitrogens with zero attached hydrogens (tertiary/aromatic N) is 3.